The molecule has 4 rings (SSSR count). The summed E-state index contributed by atoms with van der Waals surface area (Å²) in [7, 11) is 0. The number of nitrogens with zero attached hydrogens (tertiary/aromatic N) is 2. The van der Waals surface area contributed by atoms with Crippen LogP contribution in [0, 0.1) is 17.8 Å². The summed E-state index contributed by atoms with van der Waals surface area (Å²) < 4.78 is 7.73. The zero-order chi connectivity index (χ0) is 14.4. The molecule has 1 saturated heterocycles. The normalized spacial score (nSPS) is 34.9. The van der Waals surface area contributed by atoms with E-state index in [1.807, 2.05) is 17.1 Å². The Morgan fingerprint density at radius 2 is 2.33 bits per heavy atom. The van der Waals surface area contributed by atoms with Crippen LogP contribution < -0.4 is 5.32 Å². The maximum Gasteiger partial charge on any atom is 0.223 e. The lowest BCUT2D eigenvalue weighted by molar-refractivity contribution is -0.123. The fourth-order valence-corrected chi connectivity index (χ4v) is 3.62. The predicted octanol–water partition coefficient (Wildman–Crippen LogP) is 1.90. The molecule has 1 aliphatic heterocycles. The molecule has 0 unspecified atom stereocenters. The van der Waals surface area contributed by atoms with Gasteiger partial charge in [0.1, 0.15) is 6.10 Å². The van der Waals surface area contributed by atoms with Crippen LogP contribution in [0.2, 0.25) is 0 Å². The van der Waals surface area contributed by atoms with Gasteiger partial charge in [0.2, 0.25) is 5.91 Å². The van der Waals surface area contributed by atoms with E-state index in [4.69, 9.17) is 4.74 Å². The van der Waals surface area contributed by atoms with Crippen LogP contribution in [0.15, 0.2) is 12.4 Å². The van der Waals surface area contributed by atoms with Crippen molar-refractivity contribution >= 4 is 5.91 Å². The number of hydrogen-bond acceptors (Lipinski definition) is 3. The first kappa shape index (κ1) is 13.3. The van der Waals surface area contributed by atoms with Crippen molar-refractivity contribution < 1.29 is 9.53 Å². The molecule has 3 fully saturated rings. The van der Waals surface area contributed by atoms with Gasteiger partial charge in [-0.25, -0.2) is 0 Å². The van der Waals surface area contributed by atoms with Crippen LogP contribution in [0.4, 0.5) is 0 Å². The third kappa shape index (κ3) is 2.59. The number of nitrogens with one attached hydrogen (secondary N) is 1. The molecule has 0 bridgehead atoms. The van der Waals surface area contributed by atoms with Crippen LogP contribution in [-0.2, 0) is 16.1 Å². The molecule has 2 saturated carbocycles. The van der Waals surface area contributed by atoms with Crippen molar-refractivity contribution in [1.82, 2.24) is 15.1 Å². The molecule has 21 heavy (non-hydrogen) atoms. The molecular weight excluding hydrogens is 266 g/mol. The van der Waals surface area contributed by atoms with Crippen molar-refractivity contribution in [1.29, 1.82) is 0 Å². The standard InChI is InChI=1S/C16H23N3O2/c1-2-19-9-11(8-17-19)15-14(5-6-21-15)18-16(20)13-7-12(13)10-3-4-10/h8-10,12-15H,2-7H2,1H3,(H,18,20)/t12-,13-,14-,15+/m0/s1. The Morgan fingerprint density at radius 3 is 3.05 bits per heavy atom. The van der Waals surface area contributed by atoms with Gasteiger partial charge in [-0.3, -0.25) is 9.48 Å². The molecule has 5 nitrogen and oxygen atoms in total. The van der Waals surface area contributed by atoms with Gasteiger partial charge in [0.25, 0.3) is 0 Å². The maximum atomic E-state index is 12.4. The lowest BCUT2D eigenvalue weighted by Gasteiger charge is -2.19. The maximum absolute atomic E-state index is 12.4. The summed E-state index contributed by atoms with van der Waals surface area (Å²) in [4.78, 5) is 12.4. The predicted molar refractivity (Wildman–Crippen MR) is 77.5 cm³/mol. The first-order chi connectivity index (χ1) is 10.3. The van der Waals surface area contributed by atoms with E-state index in [-0.39, 0.29) is 24.0 Å². The second-order valence-electron chi connectivity index (χ2n) is 6.67. The molecule has 2 aliphatic carbocycles. The van der Waals surface area contributed by atoms with Crippen LogP contribution in [-0.4, -0.2) is 28.3 Å². The summed E-state index contributed by atoms with van der Waals surface area (Å²) in [5.41, 5.74) is 1.08. The van der Waals surface area contributed by atoms with Gasteiger partial charge < -0.3 is 10.1 Å². The van der Waals surface area contributed by atoms with Gasteiger partial charge in [-0.05, 0) is 44.4 Å². The van der Waals surface area contributed by atoms with Crippen molar-refractivity contribution in [3.05, 3.63) is 18.0 Å². The summed E-state index contributed by atoms with van der Waals surface area (Å²) in [5, 5.41) is 7.54. The summed E-state index contributed by atoms with van der Waals surface area (Å²) >= 11 is 0. The Morgan fingerprint density at radius 1 is 1.48 bits per heavy atom. The van der Waals surface area contributed by atoms with Crippen molar-refractivity contribution in [2.75, 3.05) is 6.61 Å². The molecule has 1 N–H and O–H groups in total. The summed E-state index contributed by atoms with van der Waals surface area (Å²) in [6.45, 7) is 3.63. The van der Waals surface area contributed by atoms with Gasteiger partial charge in [-0.1, -0.05) is 0 Å². The number of aryl methyl sites for hydroxylation is 1. The van der Waals surface area contributed by atoms with Crippen LogP contribution in [0.1, 0.15) is 44.3 Å². The monoisotopic (exact) mass is 289 g/mol. The van der Waals surface area contributed by atoms with E-state index >= 15 is 0 Å². The Labute approximate surface area is 125 Å². The van der Waals surface area contributed by atoms with Gasteiger partial charge in [0, 0.05) is 30.8 Å². The lowest BCUT2D eigenvalue weighted by Crippen LogP contribution is -2.38. The van der Waals surface area contributed by atoms with Crippen molar-refractivity contribution in [3.63, 3.8) is 0 Å². The summed E-state index contributed by atoms with van der Waals surface area (Å²) in [5.74, 6) is 2.04. The van der Waals surface area contributed by atoms with Crippen LogP contribution in [0.3, 0.4) is 0 Å². The second-order valence-corrected chi connectivity index (χ2v) is 6.67. The number of aromatic nitrogens is 2. The zero-order valence-corrected chi connectivity index (χ0v) is 12.5. The smallest absolute Gasteiger partial charge is 0.223 e. The molecule has 4 atom stereocenters. The second kappa shape index (κ2) is 5.13. The molecule has 0 radical (unpaired) electrons. The third-order valence-corrected chi connectivity index (χ3v) is 5.13. The SMILES string of the molecule is CCn1cc([C@H]2OCC[C@@H]2NC(=O)[C@H]2C[C@H]2C2CC2)cn1. The highest BCUT2D eigenvalue weighted by atomic mass is 16.5. The van der Waals surface area contributed by atoms with Gasteiger partial charge in [-0.2, -0.15) is 5.10 Å². The van der Waals surface area contributed by atoms with Crippen molar-refractivity contribution in [2.24, 2.45) is 17.8 Å². The largest absolute Gasteiger partial charge is 0.371 e. The highest BCUT2D eigenvalue weighted by Crippen LogP contribution is 2.54. The Hall–Kier alpha value is -1.36. The Kier molecular flexibility index (Phi) is 3.25. The van der Waals surface area contributed by atoms with Crippen LogP contribution in [0.25, 0.3) is 0 Å². The first-order valence-corrected chi connectivity index (χ1v) is 8.20. The third-order valence-electron chi connectivity index (χ3n) is 5.13. The van der Waals surface area contributed by atoms with Gasteiger partial charge >= 0.3 is 0 Å². The molecule has 114 valence electrons. The molecule has 1 aromatic heterocycles. The zero-order valence-electron chi connectivity index (χ0n) is 12.5. The molecule has 5 heteroatoms. The van der Waals surface area contributed by atoms with E-state index in [9.17, 15) is 4.79 Å². The van der Waals surface area contributed by atoms with Crippen molar-refractivity contribution in [2.45, 2.75) is 51.3 Å². The number of carbonyl (C=O) groups excluding carboxylic acids is 1. The Bertz CT molecular complexity index is 537. The van der Waals surface area contributed by atoms with Crippen molar-refractivity contribution in [3.8, 4) is 0 Å². The first-order valence-electron chi connectivity index (χ1n) is 8.20. The van der Waals surface area contributed by atoms with E-state index in [0.717, 1.165) is 30.9 Å². The quantitative estimate of drug-likeness (QED) is 0.900. The average Bonchev–Trinajstić information content (AvgIpc) is 3.37. The number of rotatable bonds is 5. The highest BCUT2D eigenvalue weighted by Gasteiger charge is 2.51. The highest BCUT2D eigenvalue weighted by molar-refractivity contribution is 5.82. The minimum Gasteiger partial charge on any atom is -0.371 e. The molecule has 3 aliphatic rings. The minimum absolute atomic E-state index is 0.0348. The summed E-state index contributed by atoms with van der Waals surface area (Å²) in [6, 6.07) is 0.104. The fraction of sp³-hybridized carbons (Fsp3) is 0.750. The van der Waals surface area contributed by atoms with Gasteiger partial charge in [0.05, 0.1) is 12.2 Å². The molecule has 2 heterocycles. The lowest BCUT2D eigenvalue weighted by atomic mass is 10.0. The van der Waals surface area contributed by atoms with Gasteiger partial charge in [0.15, 0.2) is 0 Å². The number of ether oxygens (including phenoxy) is 1. The van der Waals surface area contributed by atoms with E-state index in [1.54, 1.807) is 0 Å². The molecule has 0 spiro atoms. The average molecular weight is 289 g/mol. The molecule has 1 amide bonds. The topological polar surface area (TPSA) is 56.1 Å². The molecule has 0 aromatic carbocycles. The van der Waals surface area contributed by atoms with E-state index < -0.39 is 0 Å². The molecular formula is C16H23N3O2. The number of carbonyl (C=O) groups is 1. The van der Waals surface area contributed by atoms with E-state index in [1.165, 1.54) is 12.8 Å². The van der Waals surface area contributed by atoms with Gasteiger partial charge in [-0.15, -0.1) is 0 Å². The van der Waals surface area contributed by atoms with E-state index in [2.05, 4.69) is 17.3 Å². The van der Waals surface area contributed by atoms with E-state index in [0.29, 0.717) is 12.5 Å². The molecule has 1 aromatic rings. The van der Waals surface area contributed by atoms with Crippen LogP contribution in [0.5, 0.6) is 0 Å². The number of hydrogen-bond donors (Lipinski definition) is 1. The summed E-state index contributed by atoms with van der Waals surface area (Å²) in [6.07, 6.45) is 8.52. The minimum atomic E-state index is -0.0348. The van der Waals surface area contributed by atoms with Crippen LogP contribution >= 0.6 is 0 Å². The number of amides is 1. The fourth-order valence-electron chi connectivity index (χ4n) is 3.62. The Balaban J connectivity index is 1.38.